The Hall–Kier alpha value is -0.710. The normalized spacial score (nSPS) is 20.1. The summed E-state index contributed by atoms with van der Waals surface area (Å²) in [6.07, 6.45) is -1.41. The topological polar surface area (TPSA) is 32.3 Å². The van der Waals surface area contributed by atoms with Crippen LogP contribution in [0, 0.1) is 0 Å². The second kappa shape index (κ2) is 5.08. The van der Waals surface area contributed by atoms with E-state index in [1.807, 2.05) is 0 Å². The van der Waals surface area contributed by atoms with Crippen molar-refractivity contribution in [2.75, 3.05) is 13.1 Å². The number of rotatable bonds is 2. The zero-order valence-corrected chi connectivity index (χ0v) is 10.1. The maximum atomic E-state index is 12.0. The maximum Gasteiger partial charge on any atom is 0.315 e. The predicted octanol–water partition coefficient (Wildman–Crippen LogP) is 1.63. The van der Waals surface area contributed by atoms with Crippen molar-refractivity contribution in [1.29, 1.82) is 0 Å². The number of alkyl halides is 2. The van der Waals surface area contributed by atoms with Gasteiger partial charge in [-0.1, -0.05) is 0 Å². The van der Waals surface area contributed by atoms with Gasteiger partial charge in [0.1, 0.15) is 0 Å². The van der Waals surface area contributed by atoms with Gasteiger partial charge in [-0.2, -0.15) is 8.78 Å². The highest BCUT2D eigenvalue weighted by molar-refractivity contribution is 5.79. The van der Waals surface area contributed by atoms with Crippen molar-refractivity contribution < 1.29 is 13.6 Å². The highest BCUT2D eigenvalue weighted by Gasteiger charge is 2.28. The molecule has 0 unspecified atom stereocenters. The number of carbonyl (C=O) groups is 1. The van der Waals surface area contributed by atoms with Crippen LogP contribution in [-0.2, 0) is 4.79 Å². The monoisotopic (exact) mass is 234 g/mol. The third-order valence-electron chi connectivity index (χ3n) is 2.99. The molecule has 0 radical (unpaired) electrons. The van der Waals surface area contributed by atoms with Gasteiger partial charge in [-0.25, -0.2) is 0 Å². The lowest BCUT2D eigenvalue weighted by molar-refractivity contribution is -0.132. The van der Waals surface area contributed by atoms with E-state index in [0.29, 0.717) is 0 Å². The second-order valence-electron chi connectivity index (χ2n) is 5.24. The fourth-order valence-corrected chi connectivity index (χ4v) is 1.96. The lowest BCUT2D eigenvalue weighted by atomic mass is 9.98. The number of hydrogen-bond donors (Lipinski definition) is 1. The summed E-state index contributed by atoms with van der Waals surface area (Å²) in [5.74, 6) is -1.14. The molecule has 0 aromatic heterocycles. The average Bonchev–Trinajstić information content (AvgIpc) is 2.17. The molecule has 1 rings (SSSR count). The van der Waals surface area contributed by atoms with Crippen molar-refractivity contribution in [2.24, 2.45) is 0 Å². The Balaban J connectivity index is 2.35. The third-order valence-corrected chi connectivity index (χ3v) is 2.99. The first-order valence-electron chi connectivity index (χ1n) is 5.64. The zero-order chi connectivity index (χ0) is 12.3. The van der Waals surface area contributed by atoms with E-state index in [2.05, 4.69) is 31.0 Å². The molecule has 5 heteroatoms. The third kappa shape index (κ3) is 3.70. The number of hydrogen-bond acceptors (Lipinski definition) is 2. The summed E-state index contributed by atoms with van der Waals surface area (Å²) >= 11 is 0. The number of amides is 1. The fourth-order valence-electron chi connectivity index (χ4n) is 1.96. The molecule has 1 amide bonds. The van der Waals surface area contributed by atoms with Crippen molar-refractivity contribution in [3.8, 4) is 0 Å². The summed E-state index contributed by atoms with van der Waals surface area (Å²) in [6.45, 7) is 8.08. The smallest absolute Gasteiger partial charge is 0.315 e. The van der Waals surface area contributed by atoms with Crippen LogP contribution in [-0.4, -0.2) is 41.9 Å². The van der Waals surface area contributed by atoms with Crippen LogP contribution in [0.1, 0.15) is 33.6 Å². The molecule has 0 spiro atoms. The van der Waals surface area contributed by atoms with Gasteiger partial charge >= 0.3 is 6.43 Å². The summed E-state index contributed by atoms with van der Waals surface area (Å²) in [7, 11) is 0. The lowest BCUT2D eigenvalue weighted by Gasteiger charge is -2.40. The van der Waals surface area contributed by atoms with E-state index in [-0.39, 0.29) is 11.6 Å². The minimum absolute atomic E-state index is 0.0971. The van der Waals surface area contributed by atoms with Gasteiger partial charge in [0.05, 0.1) is 0 Å². The lowest BCUT2D eigenvalue weighted by Crippen LogP contribution is -2.51. The van der Waals surface area contributed by atoms with Crippen LogP contribution in [0.25, 0.3) is 0 Å². The molecule has 1 aliphatic heterocycles. The van der Waals surface area contributed by atoms with E-state index in [1.54, 1.807) is 0 Å². The molecular weight excluding hydrogens is 214 g/mol. The van der Waals surface area contributed by atoms with Crippen LogP contribution in [0.3, 0.4) is 0 Å². The van der Waals surface area contributed by atoms with Crippen molar-refractivity contribution in [2.45, 2.75) is 51.6 Å². The highest BCUT2D eigenvalue weighted by Crippen LogP contribution is 2.20. The molecule has 0 saturated carbocycles. The van der Waals surface area contributed by atoms with Crippen LogP contribution in [0.4, 0.5) is 8.78 Å². The van der Waals surface area contributed by atoms with E-state index >= 15 is 0 Å². The Morgan fingerprint density at radius 1 is 1.31 bits per heavy atom. The Kier molecular flexibility index (Phi) is 4.24. The summed E-state index contributed by atoms with van der Waals surface area (Å²) in [4.78, 5) is 13.1. The first kappa shape index (κ1) is 13.4. The molecule has 1 fully saturated rings. The molecule has 0 aromatic carbocycles. The fraction of sp³-hybridized carbons (Fsp3) is 0.909. The van der Waals surface area contributed by atoms with Gasteiger partial charge in [0, 0.05) is 24.7 Å². The quantitative estimate of drug-likeness (QED) is 0.787. The molecular formula is C11H20F2N2O. The number of carbonyl (C=O) groups excluding carboxylic acids is 1. The second-order valence-corrected chi connectivity index (χ2v) is 5.24. The number of halogens is 2. The van der Waals surface area contributed by atoms with Gasteiger partial charge in [0.25, 0.3) is 5.91 Å². The van der Waals surface area contributed by atoms with Gasteiger partial charge < -0.3 is 5.32 Å². The van der Waals surface area contributed by atoms with Crippen molar-refractivity contribution in [3.05, 3.63) is 0 Å². The number of nitrogens with zero attached hydrogens (tertiary/aromatic N) is 1. The molecule has 94 valence electrons. The first-order chi connectivity index (χ1) is 7.30. The summed E-state index contributed by atoms with van der Waals surface area (Å²) in [5.41, 5.74) is 0.109. The van der Waals surface area contributed by atoms with Gasteiger partial charge in [0.2, 0.25) is 0 Å². The largest absolute Gasteiger partial charge is 0.348 e. The van der Waals surface area contributed by atoms with Gasteiger partial charge in [-0.15, -0.1) is 0 Å². The standard InChI is InChI=1S/C11H20F2N2O/c1-11(2,3)15-6-4-8(5-7-15)14-10(16)9(12)13/h8-9H,4-7H2,1-3H3,(H,14,16). The Morgan fingerprint density at radius 3 is 2.19 bits per heavy atom. The van der Waals surface area contributed by atoms with Gasteiger partial charge in [0.15, 0.2) is 0 Å². The van der Waals surface area contributed by atoms with Gasteiger partial charge in [-0.05, 0) is 33.6 Å². The van der Waals surface area contributed by atoms with E-state index < -0.39 is 12.3 Å². The molecule has 1 saturated heterocycles. The molecule has 0 aromatic rings. The summed E-state index contributed by atoms with van der Waals surface area (Å²) in [6, 6.07) is -0.0971. The molecule has 1 aliphatic rings. The Morgan fingerprint density at radius 2 is 1.81 bits per heavy atom. The molecule has 0 atom stereocenters. The average molecular weight is 234 g/mol. The summed E-state index contributed by atoms with van der Waals surface area (Å²) in [5, 5.41) is 2.37. The van der Waals surface area contributed by atoms with E-state index in [0.717, 1.165) is 25.9 Å². The maximum absolute atomic E-state index is 12.0. The van der Waals surface area contributed by atoms with Crippen LogP contribution in [0.5, 0.6) is 0 Å². The van der Waals surface area contributed by atoms with E-state index in [1.165, 1.54) is 0 Å². The molecule has 0 bridgehead atoms. The Labute approximate surface area is 95.2 Å². The van der Waals surface area contributed by atoms with Crippen molar-refractivity contribution in [3.63, 3.8) is 0 Å². The van der Waals surface area contributed by atoms with Crippen molar-refractivity contribution >= 4 is 5.91 Å². The Bertz CT molecular complexity index is 243. The van der Waals surface area contributed by atoms with E-state index in [9.17, 15) is 13.6 Å². The minimum atomic E-state index is -2.90. The van der Waals surface area contributed by atoms with Crippen LogP contribution < -0.4 is 5.32 Å². The molecule has 3 nitrogen and oxygen atoms in total. The zero-order valence-electron chi connectivity index (χ0n) is 10.1. The van der Waals surface area contributed by atoms with E-state index in [4.69, 9.17) is 0 Å². The highest BCUT2D eigenvalue weighted by atomic mass is 19.3. The number of nitrogens with one attached hydrogen (secondary N) is 1. The SMILES string of the molecule is CC(C)(C)N1CCC(NC(=O)C(F)F)CC1. The minimum Gasteiger partial charge on any atom is -0.348 e. The molecule has 1 heterocycles. The van der Waals surface area contributed by atoms with Crippen molar-refractivity contribution in [1.82, 2.24) is 10.2 Å². The van der Waals surface area contributed by atoms with Crippen LogP contribution in [0.2, 0.25) is 0 Å². The van der Waals surface area contributed by atoms with Crippen LogP contribution in [0.15, 0.2) is 0 Å². The number of likely N-dealkylation sites (tertiary alicyclic amines) is 1. The summed E-state index contributed by atoms with van der Waals surface area (Å²) < 4.78 is 24.1. The molecule has 1 N–H and O–H groups in total. The molecule has 16 heavy (non-hydrogen) atoms. The van der Waals surface area contributed by atoms with Gasteiger partial charge in [-0.3, -0.25) is 9.69 Å². The van der Waals surface area contributed by atoms with Crippen LogP contribution >= 0.6 is 0 Å². The first-order valence-corrected chi connectivity index (χ1v) is 5.64. The predicted molar refractivity (Wildman–Crippen MR) is 58.5 cm³/mol. The number of piperidine rings is 1. The molecule has 0 aliphatic carbocycles.